The molecule has 0 spiro atoms. The van der Waals surface area contributed by atoms with Crippen LogP contribution in [0.1, 0.15) is 42.0 Å². The van der Waals surface area contributed by atoms with Crippen molar-refractivity contribution in [3.63, 3.8) is 0 Å². The second-order valence-electron chi connectivity index (χ2n) is 13.3. The minimum absolute atomic E-state index is 0.0528. The summed E-state index contributed by atoms with van der Waals surface area (Å²) in [5.41, 5.74) is 0.238. The molecule has 4 aromatic rings. The Morgan fingerprint density at radius 3 is 1.57 bits per heavy atom. The van der Waals surface area contributed by atoms with Gasteiger partial charge in [0.05, 0.1) is 5.56 Å². The third-order valence-corrected chi connectivity index (χ3v) is 8.71. The van der Waals surface area contributed by atoms with Gasteiger partial charge in [-0.15, -0.1) is 0 Å². The maximum Gasteiger partial charge on any atom is 0.416 e. The van der Waals surface area contributed by atoms with Crippen LogP contribution in [0.5, 0.6) is 0 Å². The first-order valence-electron chi connectivity index (χ1n) is 17.9. The number of anilines is 1. The molecule has 4 aromatic carbocycles. The molecule has 5 amide bonds. The van der Waals surface area contributed by atoms with Crippen LogP contribution in [0.3, 0.4) is 0 Å². The summed E-state index contributed by atoms with van der Waals surface area (Å²) < 4.78 is 68.0. The van der Waals surface area contributed by atoms with Crippen LogP contribution < -0.4 is 26.6 Å². The number of rotatable bonds is 18. The van der Waals surface area contributed by atoms with Crippen LogP contribution in [-0.2, 0) is 54.2 Å². The number of hydrogen-bond donors (Lipinski definition) is 6. The van der Waals surface area contributed by atoms with Gasteiger partial charge in [-0.2, -0.15) is 13.2 Å². The Morgan fingerprint density at radius 1 is 0.569 bits per heavy atom. The molecule has 0 saturated carbocycles. The number of carbonyl (C=O) groups is 6. The van der Waals surface area contributed by atoms with E-state index in [2.05, 4.69) is 26.6 Å². The molecule has 0 radical (unpaired) electrons. The molecule has 6 N–H and O–H groups in total. The predicted molar refractivity (Wildman–Crippen MR) is 201 cm³/mol. The topological polar surface area (TPSA) is 183 Å². The summed E-state index contributed by atoms with van der Waals surface area (Å²) in [4.78, 5) is 78.4. The Kier molecular flexibility index (Phi) is 15.6. The molecular formula is C41H40F5N5O7. The van der Waals surface area contributed by atoms with Gasteiger partial charge in [-0.05, 0) is 60.0 Å². The summed E-state index contributed by atoms with van der Waals surface area (Å²) in [6, 6.07) is 17.2. The van der Waals surface area contributed by atoms with Crippen molar-refractivity contribution in [2.75, 3.05) is 5.32 Å². The standard InChI is InChI=1S/C41H40F5N5O7/c1-24(40(57)58)47-37(54)33(21-25-8-4-2-5-9-25)50-39(56)34(22-26-12-15-28(16-13-26)41(44,45)46)51-38(55)32(23-27-14-17-30(42)31(43)20-27)49-36(53)19-18-35(52)48-29-10-6-3-7-11-29/h2-17,20,24,32-34H,18-19,21-23H2,1H3,(H,47,54)(H,48,52)(H,49,53)(H,50,56)(H,51,55)(H,57,58)/t24-,32+,33+,34-/m0/s1. The second-order valence-corrected chi connectivity index (χ2v) is 13.3. The van der Waals surface area contributed by atoms with E-state index in [1.54, 1.807) is 60.7 Å². The highest BCUT2D eigenvalue weighted by atomic mass is 19.4. The molecule has 4 atom stereocenters. The first kappa shape index (κ1) is 44.1. The summed E-state index contributed by atoms with van der Waals surface area (Å²) in [5, 5.41) is 21.7. The average Bonchev–Trinajstić information content (AvgIpc) is 3.18. The van der Waals surface area contributed by atoms with E-state index in [1.165, 1.54) is 6.92 Å². The molecule has 0 aromatic heterocycles. The monoisotopic (exact) mass is 809 g/mol. The van der Waals surface area contributed by atoms with Crippen molar-refractivity contribution in [3.05, 3.63) is 137 Å². The van der Waals surface area contributed by atoms with Crippen LogP contribution >= 0.6 is 0 Å². The van der Waals surface area contributed by atoms with E-state index in [4.69, 9.17) is 0 Å². The number of carboxylic acid groups (broad SMARTS) is 1. The van der Waals surface area contributed by atoms with Gasteiger partial charge in [0.25, 0.3) is 0 Å². The van der Waals surface area contributed by atoms with Gasteiger partial charge in [0.1, 0.15) is 24.2 Å². The van der Waals surface area contributed by atoms with Gasteiger partial charge in [0, 0.05) is 37.8 Å². The summed E-state index contributed by atoms with van der Waals surface area (Å²) in [5.74, 6) is -8.07. The molecule has 0 aliphatic heterocycles. The fraction of sp³-hybridized carbons (Fsp3) is 0.268. The molecular weight excluding hydrogens is 769 g/mol. The SMILES string of the molecule is C[C@H](NC(=O)[C@@H](Cc1ccccc1)NC(=O)[C@H](Cc1ccc(C(F)(F)F)cc1)NC(=O)[C@@H](Cc1ccc(F)c(F)c1)NC(=O)CCC(=O)Nc1ccccc1)C(=O)O. The molecule has 306 valence electrons. The van der Waals surface area contributed by atoms with Crippen LogP contribution in [0.4, 0.5) is 27.6 Å². The van der Waals surface area contributed by atoms with E-state index in [0.29, 0.717) is 11.3 Å². The third-order valence-electron chi connectivity index (χ3n) is 8.71. The molecule has 0 bridgehead atoms. The van der Waals surface area contributed by atoms with E-state index in [-0.39, 0.29) is 24.0 Å². The molecule has 0 aliphatic rings. The van der Waals surface area contributed by atoms with Crippen molar-refractivity contribution in [1.82, 2.24) is 21.3 Å². The minimum Gasteiger partial charge on any atom is -0.480 e. The van der Waals surface area contributed by atoms with Crippen LogP contribution in [-0.4, -0.2) is 64.8 Å². The smallest absolute Gasteiger partial charge is 0.416 e. The lowest BCUT2D eigenvalue weighted by Gasteiger charge is -2.26. The molecule has 0 saturated heterocycles. The Hall–Kier alpha value is -6.65. The zero-order valence-corrected chi connectivity index (χ0v) is 30.9. The number of benzene rings is 4. The highest BCUT2D eigenvalue weighted by molar-refractivity contribution is 5.96. The van der Waals surface area contributed by atoms with Gasteiger partial charge in [0.15, 0.2) is 11.6 Å². The Balaban J connectivity index is 1.61. The molecule has 58 heavy (non-hydrogen) atoms. The predicted octanol–water partition coefficient (Wildman–Crippen LogP) is 4.47. The summed E-state index contributed by atoms with van der Waals surface area (Å²) in [7, 11) is 0. The number of nitrogens with one attached hydrogen (secondary N) is 5. The minimum atomic E-state index is -4.68. The number of halogens is 5. The number of amides is 5. The number of carbonyl (C=O) groups excluding carboxylic acids is 5. The largest absolute Gasteiger partial charge is 0.480 e. The van der Waals surface area contributed by atoms with Crippen molar-refractivity contribution >= 4 is 41.2 Å². The molecule has 12 nitrogen and oxygen atoms in total. The molecule has 0 heterocycles. The van der Waals surface area contributed by atoms with Crippen molar-refractivity contribution in [2.45, 2.75) is 69.4 Å². The quantitative estimate of drug-likeness (QED) is 0.0802. The lowest BCUT2D eigenvalue weighted by Crippen LogP contribution is -2.58. The zero-order chi connectivity index (χ0) is 42.4. The Labute approximate surface area is 329 Å². The van der Waals surface area contributed by atoms with Gasteiger partial charge in [-0.1, -0.05) is 66.7 Å². The van der Waals surface area contributed by atoms with Crippen molar-refractivity contribution in [1.29, 1.82) is 0 Å². The molecule has 0 fully saturated rings. The number of para-hydroxylation sites is 1. The van der Waals surface area contributed by atoms with Gasteiger partial charge in [-0.3, -0.25) is 28.8 Å². The zero-order valence-electron chi connectivity index (χ0n) is 30.9. The normalized spacial score (nSPS) is 13.2. The summed E-state index contributed by atoms with van der Waals surface area (Å²) >= 11 is 0. The van der Waals surface area contributed by atoms with Crippen LogP contribution in [0.25, 0.3) is 0 Å². The Bertz CT molecular complexity index is 2070. The van der Waals surface area contributed by atoms with Crippen LogP contribution in [0.2, 0.25) is 0 Å². The molecule has 0 unspecified atom stereocenters. The first-order chi connectivity index (χ1) is 27.5. The summed E-state index contributed by atoms with van der Waals surface area (Å²) in [6.07, 6.45) is -6.43. The van der Waals surface area contributed by atoms with Crippen molar-refractivity contribution in [2.24, 2.45) is 0 Å². The number of alkyl halides is 3. The van der Waals surface area contributed by atoms with E-state index >= 15 is 0 Å². The highest BCUT2D eigenvalue weighted by Gasteiger charge is 2.33. The summed E-state index contributed by atoms with van der Waals surface area (Å²) in [6.45, 7) is 1.20. The van der Waals surface area contributed by atoms with E-state index in [1.807, 2.05) is 0 Å². The maximum atomic E-state index is 14.2. The number of aliphatic carboxylic acids is 1. The first-order valence-corrected chi connectivity index (χ1v) is 17.9. The lowest BCUT2D eigenvalue weighted by molar-refractivity contribution is -0.141. The number of carboxylic acids is 1. The highest BCUT2D eigenvalue weighted by Crippen LogP contribution is 2.29. The maximum absolute atomic E-state index is 14.2. The van der Waals surface area contributed by atoms with E-state index in [9.17, 15) is 55.8 Å². The Morgan fingerprint density at radius 2 is 1.03 bits per heavy atom. The van der Waals surface area contributed by atoms with Gasteiger partial charge < -0.3 is 31.7 Å². The number of hydrogen-bond acceptors (Lipinski definition) is 6. The van der Waals surface area contributed by atoms with Crippen LogP contribution in [0, 0.1) is 11.6 Å². The van der Waals surface area contributed by atoms with Gasteiger partial charge in [0.2, 0.25) is 29.5 Å². The molecule has 4 rings (SSSR count). The lowest BCUT2D eigenvalue weighted by atomic mass is 10.00. The second kappa shape index (κ2) is 20.5. The van der Waals surface area contributed by atoms with E-state index in [0.717, 1.165) is 42.5 Å². The van der Waals surface area contributed by atoms with Crippen molar-refractivity contribution in [3.8, 4) is 0 Å². The van der Waals surface area contributed by atoms with Crippen molar-refractivity contribution < 1.29 is 55.8 Å². The van der Waals surface area contributed by atoms with Crippen LogP contribution in [0.15, 0.2) is 103 Å². The average molecular weight is 810 g/mol. The fourth-order valence-electron chi connectivity index (χ4n) is 5.60. The van der Waals surface area contributed by atoms with Gasteiger partial charge >= 0.3 is 12.1 Å². The molecule has 0 aliphatic carbocycles. The van der Waals surface area contributed by atoms with Gasteiger partial charge in [-0.25, -0.2) is 8.78 Å². The third kappa shape index (κ3) is 13.8. The van der Waals surface area contributed by atoms with E-state index < -0.39 is 102 Å². The fourth-order valence-corrected chi connectivity index (χ4v) is 5.60. The molecule has 17 heteroatoms.